The fourth-order valence-electron chi connectivity index (χ4n) is 3.11. The standard InChI is InChI=1S/C22H19N3O/c1-15-13-16(2)25(24-15)21-11-8-18(9-12-21)22(26)23-20-10-7-17-5-3-4-6-19(17)14-20/h3-14H,1-2H3,(H,23,26). The van der Waals surface area contributed by atoms with Crippen LogP contribution in [0.5, 0.6) is 0 Å². The second-order valence-corrected chi connectivity index (χ2v) is 6.40. The van der Waals surface area contributed by atoms with Gasteiger partial charge in [0.2, 0.25) is 0 Å². The summed E-state index contributed by atoms with van der Waals surface area (Å²) in [5.41, 5.74) is 4.38. The molecule has 1 amide bonds. The number of benzene rings is 3. The number of carbonyl (C=O) groups is 1. The van der Waals surface area contributed by atoms with Crippen molar-refractivity contribution in [3.8, 4) is 5.69 Å². The minimum Gasteiger partial charge on any atom is -0.322 e. The lowest BCUT2D eigenvalue weighted by Crippen LogP contribution is -2.12. The molecule has 26 heavy (non-hydrogen) atoms. The van der Waals surface area contributed by atoms with E-state index in [-0.39, 0.29) is 5.91 Å². The quantitative estimate of drug-likeness (QED) is 0.576. The van der Waals surface area contributed by atoms with Crippen molar-refractivity contribution in [3.63, 3.8) is 0 Å². The summed E-state index contributed by atoms with van der Waals surface area (Å²) >= 11 is 0. The predicted molar refractivity (Wildman–Crippen MR) is 105 cm³/mol. The van der Waals surface area contributed by atoms with Crippen LogP contribution in [-0.2, 0) is 0 Å². The van der Waals surface area contributed by atoms with Gasteiger partial charge in [0.25, 0.3) is 5.91 Å². The Kier molecular flexibility index (Phi) is 4.01. The van der Waals surface area contributed by atoms with Crippen LogP contribution in [0.1, 0.15) is 21.7 Å². The first-order valence-corrected chi connectivity index (χ1v) is 8.54. The molecule has 4 heteroatoms. The summed E-state index contributed by atoms with van der Waals surface area (Å²) < 4.78 is 1.88. The van der Waals surface area contributed by atoms with E-state index in [0.717, 1.165) is 33.5 Å². The monoisotopic (exact) mass is 341 g/mol. The number of aromatic nitrogens is 2. The van der Waals surface area contributed by atoms with E-state index < -0.39 is 0 Å². The van der Waals surface area contributed by atoms with Gasteiger partial charge < -0.3 is 5.32 Å². The molecule has 4 nitrogen and oxygen atoms in total. The number of nitrogens with one attached hydrogen (secondary N) is 1. The summed E-state index contributed by atoms with van der Waals surface area (Å²) in [6.45, 7) is 3.98. The van der Waals surface area contributed by atoms with E-state index >= 15 is 0 Å². The first-order valence-electron chi connectivity index (χ1n) is 8.54. The smallest absolute Gasteiger partial charge is 0.255 e. The van der Waals surface area contributed by atoms with Crippen LogP contribution >= 0.6 is 0 Å². The predicted octanol–water partition coefficient (Wildman–Crippen LogP) is 4.89. The second-order valence-electron chi connectivity index (χ2n) is 6.40. The lowest BCUT2D eigenvalue weighted by atomic mass is 10.1. The van der Waals surface area contributed by atoms with Crippen molar-refractivity contribution in [2.45, 2.75) is 13.8 Å². The molecule has 0 unspecified atom stereocenters. The Morgan fingerprint density at radius 2 is 1.62 bits per heavy atom. The summed E-state index contributed by atoms with van der Waals surface area (Å²) in [6, 6.07) is 23.5. The van der Waals surface area contributed by atoms with Crippen LogP contribution in [0.25, 0.3) is 16.5 Å². The molecule has 0 aliphatic carbocycles. The fraction of sp³-hybridized carbons (Fsp3) is 0.0909. The molecule has 128 valence electrons. The highest BCUT2D eigenvalue weighted by molar-refractivity contribution is 6.05. The highest BCUT2D eigenvalue weighted by Crippen LogP contribution is 2.20. The maximum Gasteiger partial charge on any atom is 0.255 e. The van der Waals surface area contributed by atoms with Crippen molar-refractivity contribution in [3.05, 3.63) is 89.7 Å². The zero-order valence-electron chi connectivity index (χ0n) is 14.7. The number of rotatable bonds is 3. The molecule has 0 spiro atoms. The van der Waals surface area contributed by atoms with Gasteiger partial charge in [-0.15, -0.1) is 0 Å². The maximum atomic E-state index is 12.5. The summed E-state index contributed by atoms with van der Waals surface area (Å²) in [6.07, 6.45) is 0. The molecule has 1 heterocycles. The van der Waals surface area contributed by atoms with Crippen LogP contribution < -0.4 is 5.32 Å². The second kappa shape index (κ2) is 6.48. The van der Waals surface area contributed by atoms with Crippen LogP contribution in [0, 0.1) is 13.8 Å². The molecular formula is C22H19N3O. The minimum absolute atomic E-state index is 0.125. The van der Waals surface area contributed by atoms with Gasteiger partial charge in [0.15, 0.2) is 0 Å². The Morgan fingerprint density at radius 3 is 2.31 bits per heavy atom. The molecule has 1 aromatic heterocycles. The van der Waals surface area contributed by atoms with Gasteiger partial charge in [-0.2, -0.15) is 5.10 Å². The molecule has 0 aliphatic heterocycles. The van der Waals surface area contributed by atoms with Gasteiger partial charge in [0.1, 0.15) is 0 Å². The van der Waals surface area contributed by atoms with Crippen molar-refractivity contribution in [2.24, 2.45) is 0 Å². The van der Waals surface area contributed by atoms with Crippen molar-refractivity contribution in [2.75, 3.05) is 5.32 Å². The number of aryl methyl sites for hydroxylation is 2. The average Bonchev–Trinajstić information content (AvgIpc) is 3.00. The lowest BCUT2D eigenvalue weighted by Gasteiger charge is -2.08. The van der Waals surface area contributed by atoms with Crippen LogP contribution in [-0.4, -0.2) is 15.7 Å². The van der Waals surface area contributed by atoms with Gasteiger partial charge >= 0.3 is 0 Å². The third kappa shape index (κ3) is 3.09. The first-order chi connectivity index (χ1) is 12.6. The van der Waals surface area contributed by atoms with Crippen LogP contribution in [0.2, 0.25) is 0 Å². The van der Waals surface area contributed by atoms with Crippen LogP contribution in [0.4, 0.5) is 5.69 Å². The van der Waals surface area contributed by atoms with E-state index in [1.54, 1.807) is 0 Å². The van der Waals surface area contributed by atoms with Crippen LogP contribution in [0.15, 0.2) is 72.8 Å². The molecule has 0 fully saturated rings. The normalized spacial score (nSPS) is 10.8. The topological polar surface area (TPSA) is 46.9 Å². The Balaban J connectivity index is 1.55. The number of anilines is 1. The fourth-order valence-corrected chi connectivity index (χ4v) is 3.11. The van der Waals surface area contributed by atoms with E-state index in [9.17, 15) is 4.79 Å². The highest BCUT2D eigenvalue weighted by Gasteiger charge is 2.08. The third-order valence-corrected chi connectivity index (χ3v) is 4.39. The Hall–Kier alpha value is -3.40. The van der Waals surface area contributed by atoms with E-state index in [4.69, 9.17) is 0 Å². The Morgan fingerprint density at radius 1 is 0.885 bits per heavy atom. The number of fused-ring (bicyclic) bond motifs is 1. The van der Waals surface area contributed by atoms with Crippen LogP contribution in [0.3, 0.4) is 0 Å². The van der Waals surface area contributed by atoms with Gasteiger partial charge in [-0.05, 0) is 67.1 Å². The molecule has 0 saturated heterocycles. The highest BCUT2D eigenvalue weighted by atomic mass is 16.1. The molecule has 4 rings (SSSR count). The molecule has 0 radical (unpaired) electrons. The maximum absolute atomic E-state index is 12.5. The van der Waals surface area contributed by atoms with Gasteiger partial charge in [-0.1, -0.05) is 30.3 Å². The lowest BCUT2D eigenvalue weighted by molar-refractivity contribution is 0.102. The zero-order chi connectivity index (χ0) is 18.1. The summed E-state index contributed by atoms with van der Waals surface area (Å²) in [5, 5.41) is 9.69. The van der Waals surface area contributed by atoms with Gasteiger partial charge in [-0.25, -0.2) is 4.68 Å². The number of hydrogen-bond donors (Lipinski definition) is 1. The average molecular weight is 341 g/mol. The molecule has 0 aliphatic rings. The number of nitrogens with zero attached hydrogens (tertiary/aromatic N) is 2. The van der Waals surface area contributed by atoms with Crippen molar-refractivity contribution < 1.29 is 4.79 Å². The molecule has 0 bridgehead atoms. The van der Waals surface area contributed by atoms with Crippen molar-refractivity contribution >= 4 is 22.4 Å². The zero-order valence-corrected chi connectivity index (χ0v) is 14.7. The molecule has 1 N–H and O–H groups in total. The van der Waals surface area contributed by atoms with Gasteiger partial charge in [0, 0.05) is 16.9 Å². The molecular weight excluding hydrogens is 322 g/mol. The SMILES string of the molecule is Cc1cc(C)n(-c2ccc(C(=O)Nc3ccc4ccccc4c3)cc2)n1. The molecule has 4 aromatic rings. The Bertz CT molecular complexity index is 1090. The number of hydrogen-bond acceptors (Lipinski definition) is 2. The van der Waals surface area contributed by atoms with Crippen molar-refractivity contribution in [1.29, 1.82) is 0 Å². The molecule has 0 saturated carbocycles. The number of amides is 1. The minimum atomic E-state index is -0.125. The van der Waals surface area contributed by atoms with Gasteiger partial charge in [0.05, 0.1) is 11.4 Å². The summed E-state index contributed by atoms with van der Waals surface area (Å²) in [4.78, 5) is 12.5. The van der Waals surface area contributed by atoms with E-state index in [1.165, 1.54) is 0 Å². The van der Waals surface area contributed by atoms with E-state index in [0.29, 0.717) is 5.56 Å². The van der Waals surface area contributed by atoms with E-state index in [2.05, 4.69) is 16.5 Å². The molecule has 3 aromatic carbocycles. The third-order valence-electron chi connectivity index (χ3n) is 4.39. The largest absolute Gasteiger partial charge is 0.322 e. The van der Waals surface area contributed by atoms with E-state index in [1.807, 2.05) is 85.3 Å². The Labute approximate surface area is 152 Å². The molecule has 0 atom stereocenters. The number of carbonyl (C=O) groups excluding carboxylic acids is 1. The summed E-state index contributed by atoms with van der Waals surface area (Å²) in [7, 11) is 0. The van der Waals surface area contributed by atoms with Crippen molar-refractivity contribution in [1.82, 2.24) is 9.78 Å². The summed E-state index contributed by atoms with van der Waals surface area (Å²) in [5.74, 6) is -0.125. The first kappa shape index (κ1) is 16.1. The van der Waals surface area contributed by atoms with Gasteiger partial charge in [-0.3, -0.25) is 4.79 Å².